The smallest absolute Gasteiger partial charge is 0.264 e. The Hall–Kier alpha value is -3.07. The number of sulfonamides is 1. The summed E-state index contributed by atoms with van der Waals surface area (Å²) in [5.74, 6) is -0.674. The van der Waals surface area contributed by atoms with E-state index in [-0.39, 0.29) is 23.3 Å². The molecule has 0 heterocycles. The van der Waals surface area contributed by atoms with Gasteiger partial charge in [-0.1, -0.05) is 79.0 Å². The number of carbonyl (C=O) groups excluding carboxylic acids is 2. The maximum atomic E-state index is 13.9. The summed E-state index contributed by atoms with van der Waals surface area (Å²) < 4.78 is 28.6. The average molecular weight is 591 g/mol. The average Bonchev–Trinajstić information content (AvgIpc) is 2.91. The number of carbonyl (C=O) groups is 2. The summed E-state index contributed by atoms with van der Waals surface area (Å²) in [5.41, 5.74) is 1.93. The molecular weight excluding hydrogens is 557 g/mol. The van der Waals surface area contributed by atoms with E-state index in [9.17, 15) is 18.0 Å². The second-order valence-corrected chi connectivity index (χ2v) is 12.4. The lowest BCUT2D eigenvalue weighted by Crippen LogP contribution is -2.51. The Morgan fingerprint density at radius 1 is 0.897 bits per heavy atom. The normalized spacial score (nSPS) is 12.2. The highest BCUT2D eigenvalue weighted by Gasteiger charge is 2.32. The van der Waals surface area contributed by atoms with E-state index < -0.39 is 28.5 Å². The van der Waals surface area contributed by atoms with Gasteiger partial charge in [0.1, 0.15) is 12.6 Å². The summed E-state index contributed by atoms with van der Waals surface area (Å²) in [5, 5.41) is 3.53. The van der Waals surface area contributed by atoms with Crippen molar-refractivity contribution in [2.75, 3.05) is 17.4 Å². The Balaban J connectivity index is 2.01. The fourth-order valence-electron chi connectivity index (χ4n) is 3.83. The SMILES string of the molecule is Cc1ccc(N(CC(=O)N(Cc2ccc(Cl)c(Cl)c2)[C@@H](C)C(=O)NCC(C)C)S(=O)(=O)c2ccccc2)cc1. The molecule has 0 aliphatic carbocycles. The summed E-state index contributed by atoms with van der Waals surface area (Å²) in [6.07, 6.45) is 0. The van der Waals surface area contributed by atoms with Crippen molar-refractivity contribution >= 4 is 50.7 Å². The van der Waals surface area contributed by atoms with Crippen LogP contribution in [0.3, 0.4) is 0 Å². The summed E-state index contributed by atoms with van der Waals surface area (Å²) in [6.45, 7) is 7.40. The topological polar surface area (TPSA) is 86.8 Å². The second kappa shape index (κ2) is 13.3. The highest BCUT2D eigenvalue weighted by atomic mass is 35.5. The minimum atomic E-state index is -4.10. The van der Waals surface area contributed by atoms with Crippen molar-refractivity contribution in [3.8, 4) is 0 Å². The van der Waals surface area contributed by atoms with Crippen molar-refractivity contribution in [3.05, 3.63) is 94.0 Å². The lowest BCUT2D eigenvalue weighted by Gasteiger charge is -2.32. The Labute approximate surface area is 240 Å². The quantitative estimate of drug-likeness (QED) is 0.311. The van der Waals surface area contributed by atoms with Gasteiger partial charge in [0.2, 0.25) is 11.8 Å². The lowest BCUT2D eigenvalue weighted by atomic mass is 10.1. The van der Waals surface area contributed by atoms with Crippen molar-refractivity contribution in [2.24, 2.45) is 5.92 Å². The molecule has 0 saturated heterocycles. The summed E-state index contributed by atoms with van der Waals surface area (Å²) in [7, 11) is -4.10. The van der Waals surface area contributed by atoms with Crippen molar-refractivity contribution in [3.63, 3.8) is 0 Å². The van der Waals surface area contributed by atoms with Gasteiger partial charge in [-0.15, -0.1) is 0 Å². The minimum absolute atomic E-state index is 0.0269. The van der Waals surface area contributed by atoms with Crippen LogP contribution in [0.4, 0.5) is 5.69 Å². The number of amides is 2. The van der Waals surface area contributed by atoms with Gasteiger partial charge in [0, 0.05) is 13.1 Å². The van der Waals surface area contributed by atoms with Gasteiger partial charge < -0.3 is 10.2 Å². The molecule has 0 radical (unpaired) electrons. The molecule has 2 amide bonds. The number of anilines is 1. The number of halogens is 2. The van der Waals surface area contributed by atoms with Gasteiger partial charge in [-0.3, -0.25) is 13.9 Å². The Morgan fingerprint density at radius 3 is 2.13 bits per heavy atom. The fourth-order valence-corrected chi connectivity index (χ4v) is 5.59. The zero-order valence-corrected chi connectivity index (χ0v) is 24.7. The van der Waals surface area contributed by atoms with Crippen LogP contribution in [0.2, 0.25) is 10.0 Å². The third-order valence-corrected chi connectivity index (χ3v) is 8.65. The molecule has 0 saturated carbocycles. The van der Waals surface area contributed by atoms with E-state index in [2.05, 4.69) is 5.32 Å². The fraction of sp³-hybridized carbons (Fsp3) is 0.310. The Kier molecular flexibility index (Phi) is 10.4. The standard InChI is InChI=1S/C29H33Cl2N3O4S/c1-20(2)17-32-29(36)22(4)33(18-23-12-15-26(30)27(31)16-23)28(35)19-34(24-13-10-21(3)11-14-24)39(37,38)25-8-6-5-7-9-25/h5-16,20,22H,17-19H2,1-4H3,(H,32,36)/t22-/m0/s1. The monoisotopic (exact) mass is 589 g/mol. The molecule has 1 atom stereocenters. The van der Waals surface area contributed by atoms with Crippen LogP contribution in [0.5, 0.6) is 0 Å². The van der Waals surface area contributed by atoms with Gasteiger partial charge in [0.05, 0.1) is 20.6 Å². The van der Waals surface area contributed by atoms with E-state index in [1.54, 1.807) is 67.6 Å². The molecule has 0 aromatic heterocycles. The molecule has 208 valence electrons. The summed E-state index contributed by atoms with van der Waals surface area (Å²) in [6, 6.07) is 18.9. The molecule has 10 heteroatoms. The van der Waals surface area contributed by atoms with E-state index in [0.717, 1.165) is 9.87 Å². The largest absolute Gasteiger partial charge is 0.354 e. The molecule has 3 aromatic rings. The molecule has 39 heavy (non-hydrogen) atoms. The summed E-state index contributed by atoms with van der Waals surface area (Å²) in [4.78, 5) is 28.3. The van der Waals surface area contributed by atoms with Gasteiger partial charge in [0.15, 0.2) is 0 Å². The molecule has 0 aliphatic heterocycles. The van der Waals surface area contributed by atoms with Crippen LogP contribution in [-0.2, 0) is 26.2 Å². The predicted molar refractivity (Wildman–Crippen MR) is 156 cm³/mol. The molecular formula is C29H33Cl2N3O4S. The van der Waals surface area contributed by atoms with E-state index in [4.69, 9.17) is 23.2 Å². The van der Waals surface area contributed by atoms with E-state index in [0.29, 0.717) is 27.8 Å². The first-order valence-corrected chi connectivity index (χ1v) is 14.7. The van der Waals surface area contributed by atoms with Crippen LogP contribution in [0.15, 0.2) is 77.7 Å². The maximum Gasteiger partial charge on any atom is 0.264 e. The molecule has 0 spiro atoms. The molecule has 0 bridgehead atoms. The first-order chi connectivity index (χ1) is 18.4. The van der Waals surface area contributed by atoms with Crippen molar-refractivity contribution < 1.29 is 18.0 Å². The molecule has 1 N–H and O–H groups in total. The van der Waals surface area contributed by atoms with Crippen LogP contribution in [-0.4, -0.2) is 44.3 Å². The molecule has 0 fully saturated rings. The van der Waals surface area contributed by atoms with Crippen LogP contribution < -0.4 is 9.62 Å². The molecule has 0 aliphatic rings. The lowest BCUT2D eigenvalue weighted by molar-refractivity contribution is -0.139. The Bertz CT molecular complexity index is 1400. The van der Waals surface area contributed by atoms with Gasteiger partial charge in [0.25, 0.3) is 10.0 Å². The number of benzene rings is 3. The van der Waals surface area contributed by atoms with Crippen LogP contribution in [0.1, 0.15) is 31.9 Å². The van der Waals surface area contributed by atoms with Crippen LogP contribution in [0.25, 0.3) is 0 Å². The third kappa shape index (κ3) is 7.97. The zero-order chi connectivity index (χ0) is 28.7. The van der Waals surface area contributed by atoms with Gasteiger partial charge in [-0.2, -0.15) is 0 Å². The highest BCUT2D eigenvalue weighted by molar-refractivity contribution is 7.92. The third-order valence-electron chi connectivity index (χ3n) is 6.12. The molecule has 0 unspecified atom stereocenters. The van der Waals surface area contributed by atoms with Crippen LogP contribution >= 0.6 is 23.2 Å². The highest BCUT2D eigenvalue weighted by Crippen LogP contribution is 2.26. The van der Waals surface area contributed by atoms with Gasteiger partial charge in [-0.05, 0) is 61.7 Å². The first kappa shape index (κ1) is 30.5. The van der Waals surface area contributed by atoms with E-state index in [1.165, 1.54) is 17.0 Å². The molecule has 7 nitrogen and oxygen atoms in total. The number of nitrogens with one attached hydrogen (secondary N) is 1. The number of rotatable bonds is 11. The Morgan fingerprint density at radius 2 is 1.54 bits per heavy atom. The molecule has 3 rings (SSSR count). The van der Waals surface area contributed by atoms with E-state index >= 15 is 0 Å². The van der Waals surface area contributed by atoms with Crippen LogP contribution in [0, 0.1) is 12.8 Å². The first-order valence-electron chi connectivity index (χ1n) is 12.6. The zero-order valence-electron chi connectivity index (χ0n) is 22.4. The van der Waals surface area contributed by atoms with E-state index in [1.807, 2.05) is 20.8 Å². The molecule has 3 aromatic carbocycles. The van der Waals surface area contributed by atoms with Crippen molar-refractivity contribution in [1.29, 1.82) is 0 Å². The number of hydrogen-bond acceptors (Lipinski definition) is 4. The number of hydrogen-bond donors (Lipinski definition) is 1. The van der Waals surface area contributed by atoms with Gasteiger partial charge in [-0.25, -0.2) is 8.42 Å². The van der Waals surface area contributed by atoms with Crippen molar-refractivity contribution in [1.82, 2.24) is 10.2 Å². The number of aryl methyl sites for hydroxylation is 1. The van der Waals surface area contributed by atoms with Crippen molar-refractivity contribution in [2.45, 2.75) is 45.2 Å². The van der Waals surface area contributed by atoms with Gasteiger partial charge >= 0.3 is 0 Å². The second-order valence-electron chi connectivity index (χ2n) is 9.75. The predicted octanol–water partition coefficient (Wildman–Crippen LogP) is 5.69. The minimum Gasteiger partial charge on any atom is -0.354 e. The maximum absolute atomic E-state index is 13.9. The summed E-state index contributed by atoms with van der Waals surface area (Å²) >= 11 is 12.3. The number of nitrogens with zero attached hydrogens (tertiary/aromatic N) is 2.